The molecule has 158 valence electrons. The zero-order valence-corrected chi connectivity index (χ0v) is 18.8. The zero-order valence-electron chi connectivity index (χ0n) is 17.9. The molecule has 0 amide bonds. The summed E-state index contributed by atoms with van der Waals surface area (Å²) in [6.07, 6.45) is 0.0480. The largest absolute Gasteiger partial charge is 0.457 e. The quantitative estimate of drug-likeness (QED) is 0.422. The monoisotopic (exact) mass is 426 g/mol. The van der Waals surface area contributed by atoms with Gasteiger partial charge in [0.15, 0.2) is 6.61 Å². The number of benzene rings is 1. The summed E-state index contributed by atoms with van der Waals surface area (Å²) in [6.45, 7) is 9.72. The van der Waals surface area contributed by atoms with Gasteiger partial charge < -0.3 is 13.9 Å². The van der Waals surface area contributed by atoms with E-state index in [-0.39, 0.29) is 30.2 Å². The third kappa shape index (κ3) is 4.46. The molecule has 0 N–H and O–H groups in total. The number of thiazole rings is 1. The topological polar surface area (TPSA) is 70.3 Å². The van der Waals surface area contributed by atoms with Crippen LogP contribution in [0.1, 0.15) is 45.0 Å². The number of hydrogen-bond donors (Lipinski definition) is 0. The van der Waals surface area contributed by atoms with Crippen LogP contribution in [0.2, 0.25) is 0 Å². The van der Waals surface area contributed by atoms with Gasteiger partial charge in [0.25, 0.3) is 0 Å². The Hall–Kier alpha value is -2.93. The van der Waals surface area contributed by atoms with E-state index in [2.05, 4.69) is 26.0 Å². The standard InChI is InChI=1S/C23H26N2O4S/c1-14-6-7-19(10-15(14)2)25-16(3)11-20(18(25)5)21(26)12-29-22(27)8-9-24-17(4)13-30-23(24)28/h6-7,10-11,13H,8-9,12H2,1-5H3. The molecule has 30 heavy (non-hydrogen) atoms. The van der Waals surface area contributed by atoms with Crippen molar-refractivity contribution in [2.45, 2.75) is 47.6 Å². The van der Waals surface area contributed by atoms with Crippen molar-refractivity contribution in [3.05, 3.63) is 73.1 Å². The summed E-state index contributed by atoms with van der Waals surface area (Å²) >= 11 is 1.10. The SMILES string of the molecule is Cc1ccc(-n2c(C)cc(C(=O)COC(=O)CCn3c(C)csc3=O)c2C)cc1C. The van der Waals surface area contributed by atoms with Crippen molar-refractivity contribution in [2.75, 3.05) is 6.61 Å². The van der Waals surface area contributed by atoms with E-state index in [1.807, 2.05) is 37.5 Å². The van der Waals surface area contributed by atoms with Gasteiger partial charge in [-0.25, -0.2) is 0 Å². The summed E-state index contributed by atoms with van der Waals surface area (Å²) in [7, 11) is 0. The third-order valence-electron chi connectivity index (χ3n) is 5.36. The van der Waals surface area contributed by atoms with Crippen LogP contribution in [-0.2, 0) is 16.1 Å². The van der Waals surface area contributed by atoms with Crippen LogP contribution in [0.15, 0.2) is 34.4 Å². The Kier molecular flexibility index (Phi) is 6.41. The van der Waals surface area contributed by atoms with Crippen molar-refractivity contribution >= 4 is 23.1 Å². The van der Waals surface area contributed by atoms with Gasteiger partial charge >= 0.3 is 10.8 Å². The second-order valence-electron chi connectivity index (χ2n) is 7.52. The Morgan fingerprint density at radius 3 is 2.37 bits per heavy atom. The number of aryl methyl sites for hydroxylation is 4. The van der Waals surface area contributed by atoms with Gasteiger partial charge in [0.1, 0.15) is 0 Å². The number of hydrogen-bond acceptors (Lipinski definition) is 5. The number of ether oxygens (including phenoxy) is 1. The summed E-state index contributed by atoms with van der Waals surface area (Å²) in [6, 6.07) is 8.02. The fourth-order valence-corrected chi connectivity index (χ4v) is 4.24. The van der Waals surface area contributed by atoms with Crippen LogP contribution < -0.4 is 4.87 Å². The minimum Gasteiger partial charge on any atom is -0.457 e. The van der Waals surface area contributed by atoms with Gasteiger partial charge in [0, 0.05) is 40.3 Å². The number of Topliss-reactive ketones (excluding diaryl/α,β-unsaturated/α-hetero) is 1. The molecule has 0 unspecified atom stereocenters. The lowest BCUT2D eigenvalue weighted by Gasteiger charge is -2.12. The Morgan fingerprint density at radius 2 is 1.73 bits per heavy atom. The molecule has 0 saturated carbocycles. The number of carbonyl (C=O) groups is 2. The average molecular weight is 427 g/mol. The molecular weight excluding hydrogens is 400 g/mol. The van der Waals surface area contributed by atoms with Gasteiger partial charge in [-0.1, -0.05) is 17.4 Å². The number of ketones is 1. The third-order valence-corrected chi connectivity index (χ3v) is 6.24. The van der Waals surface area contributed by atoms with E-state index >= 15 is 0 Å². The van der Waals surface area contributed by atoms with E-state index in [0.29, 0.717) is 5.56 Å². The molecule has 0 aliphatic carbocycles. The number of nitrogens with zero attached hydrogens (tertiary/aromatic N) is 2. The highest BCUT2D eigenvalue weighted by Crippen LogP contribution is 2.23. The lowest BCUT2D eigenvalue weighted by molar-refractivity contribution is -0.142. The molecule has 0 aliphatic heterocycles. The normalized spacial score (nSPS) is 11.0. The first kappa shape index (κ1) is 21.8. The molecule has 6 nitrogen and oxygen atoms in total. The predicted octanol–water partition coefficient (Wildman–Crippen LogP) is 4.06. The van der Waals surface area contributed by atoms with Crippen molar-refractivity contribution in [1.82, 2.24) is 9.13 Å². The van der Waals surface area contributed by atoms with Crippen molar-refractivity contribution < 1.29 is 14.3 Å². The van der Waals surface area contributed by atoms with E-state index in [0.717, 1.165) is 34.1 Å². The molecule has 2 aromatic heterocycles. The van der Waals surface area contributed by atoms with E-state index in [9.17, 15) is 14.4 Å². The maximum atomic E-state index is 12.7. The highest BCUT2D eigenvalue weighted by molar-refractivity contribution is 7.07. The summed E-state index contributed by atoms with van der Waals surface area (Å²) in [5, 5.41) is 1.75. The molecule has 7 heteroatoms. The van der Waals surface area contributed by atoms with Gasteiger partial charge in [-0.3, -0.25) is 14.4 Å². The number of carbonyl (C=O) groups excluding carboxylic acids is 2. The van der Waals surface area contributed by atoms with E-state index < -0.39 is 5.97 Å². The lowest BCUT2D eigenvalue weighted by atomic mass is 10.1. The van der Waals surface area contributed by atoms with Crippen LogP contribution in [0.5, 0.6) is 0 Å². The number of aromatic nitrogens is 2. The molecule has 3 rings (SSSR count). The Labute approximate surface area is 179 Å². The summed E-state index contributed by atoms with van der Waals surface area (Å²) < 4.78 is 8.74. The van der Waals surface area contributed by atoms with Crippen LogP contribution >= 0.6 is 11.3 Å². The molecule has 0 fully saturated rings. The molecule has 0 radical (unpaired) electrons. The van der Waals surface area contributed by atoms with Gasteiger partial charge in [0.05, 0.1) is 6.42 Å². The van der Waals surface area contributed by atoms with Crippen molar-refractivity contribution in [3.63, 3.8) is 0 Å². The molecular formula is C23H26N2O4S. The summed E-state index contributed by atoms with van der Waals surface area (Å²) in [5.74, 6) is -0.737. The highest BCUT2D eigenvalue weighted by atomic mass is 32.1. The summed E-state index contributed by atoms with van der Waals surface area (Å²) in [5.41, 5.74) is 6.51. The Balaban J connectivity index is 1.66. The zero-order chi connectivity index (χ0) is 22.0. The van der Waals surface area contributed by atoms with Crippen LogP contribution in [0, 0.1) is 34.6 Å². The average Bonchev–Trinajstić information content (AvgIpc) is 3.18. The number of rotatable bonds is 7. The van der Waals surface area contributed by atoms with E-state index in [4.69, 9.17) is 4.74 Å². The molecule has 0 atom stereocenters. The first-order chi connectivity index (χ1) is 14.2. The number of esters is 1. The first-order valence-electron chi connectivity index (χ1n) is 9.79. The maximum absolute atomic E-state index is 12.7. The van der Waals surface area contributed by atoms with Crippen LogP contribution in [0.3, 0.4) is 0 Å². The Morgan fingerprint density at radius 1 is 1.00 bits per heavy atom. The minimum atomic E-state index is -0.496. The van der Waals surface area contributed by atoms with Crippen LogP contribution in [-0.4, -0.2) is 27.5 Å². The van der Waals surface area contributed by atoms with Crippen LogP contribution in [0.4, 0.5) is 0 Å². The predicted molar refractivity (Wildman–Crippen MR) is 118 cm³/mol. The minimum absolute atomic E-state index is 0.0480. The lowest BCUT2D eigenvalue weighted by Crippen LogP contribution is -2.20. The van der Waals surface area contributed by atoms with Gasteiger partial charge in [0.2, 0.25) is 5.78 Å². The highest BCUT2D eigenvalue weighted by Gasteiger charge is 2.18. The summed E-state index contributed by atoms with van der Waals surface area (Å²) in [4.78, 5) is 36.3. The molecule has 0 spiro atoms. The maximum Gasteiger partial charge on any atom is 0.308 e. The van der Waals surface area contributed by atoms with Gasteiger partial charge in [-0.15, -0.1) is 0 Å². The molecule has 1 aromatic carbocycles. The second-order valence-corrected chi connectivity index (χ2v) is 8.34. The molecule has 2 heterocycles. The van der Waals surface area contributed by atoms with Gasteiger partial charge in [-0.2, -0.15) is 0 Å². The van der Waals surface area contributed by atoms with Crippen LogP contribution in [0.25, 0.3) is 5.69 Å². The van der Waals surface area contributed by atoms with Crippen molar-refractivity contribution in [3.8, 4) is 5.69 Å². The smallest absolute Gasteiger partial charge is 0.308 e. The first-order valence-corrected chi connectivity index (χ1v) is 10.7. The molecule has 0 bridgehead atoms. The molecule has 0 aliphatic rings. The Bertz CT molecular complexity index is 1170. The van der Waals surface area contributed by atoms with E-state index in [1.54, 1.807) is 5.38 Å². The fraction of sp³-hybridized carbons (Fsp3) is 0.348. The van der Waals surface area contributed by atoms with Crippen molar-refractivity contribution in [2.24, 2.45) is 0 Å². The molecule has 3 aromatic rings. The van der Waals surface area contributed by atoms with E-state index in [1.165, 1.54) is 15.7 Å². The van der Waals surface area contributed by atoms with Gasteiger partial charge in [-0.05, 0) is 63.9 Å². The van der Waals surface area contributed by atoms with Crippen molar-refractivity contribution in [1.29, 1.82) is 0 Å². The molecule has 0 saturated heterocycles. The fourth-order valence-electron chi connectivity index (χ4n) is 3.48. The second kappa shape index (κ2) is 8.83.